The van der Waals surface area contributed by atoms with E-state index < -0.39 is 0 Å². The van der Waals surface area contributed by atoms with Gasteiger partial charge in [0.1, 0.15) is 0 Å². The van der Waals surface area contributed by atoms with Crippen LogP contribution >= 0.6 is 0 Å². The van der Waals surface area contributed by atoms with E-state index in [1.807, 2.05) is 0 Å². The smallest absolute Gasteiger partial charge is 0.0710 e. The molecule has 2 aliphatic rings. The van der Waals surface area contributed by atoms with Crippen molar-refractivity contribution < 1.29 is 0 Å². The Morgan fingerprint density at radius 2 is 2.36 bits per heavy atom. The molecule has 2 rings (SSSR count). The molecule has 78 valence electrons. The zero-order valence-electron chi connectivity index (χ0n) is 9.00. The summed E-state index contributed by atoms with van der Waals surface area (Å²) in [7, 11) is 0. The molecule has 1 aliphatic carbocycles. The van der Waals surface area contributed by atoms with Crippen LogP contribution in [0.4, 0.5) is 0 Å². The summed E-state index contributed by atoms with van der Waals surface area (Å²) in [6, 6.07) is 1.07. The van der Waals surface area contributed by atoms with Gasteiger partial charge < -0.3 is 5.32 Å². The third-order valence-corrected chi connectivity index (χ3v) is 3.45. The largest absolute Gasteiger partial charge is 0.311 e. The third-order valence-electron chi connectivity index (χ3n) is 3.45. The molecule has 1 saturated heterocycles. The maximum atomic E-state index is 5.54. The Labute approximate surface area is 87.1 Å². The first-order valence-electron chi connectivity index (χ1n) is 5.78. The van der Waals surface area contributed by atoms with Crippen molar-refractivity contribution in [2.24, 2.45) is 5.92 Å². The normalized spacial score (nSPS) is 31.0. The Balaban J connectivity index is 1.89. The monoisotopic (exact) mass is 192 g/mol. The molecule has 14 heavy (non-hydrogen) atoms. The van der Waals surface area contributed by atoms with Crippen molar-refractivity contribution in [1.82, 2.24) is 10.2 Å². The second kappa shape index (κ2) is 4.33. The maximum Gasteiger partial charge on any atom is 0.0710 e. The Morgan fingerprint density at radius 1 is 1.57 bits per heavy atom. The van der Waals surface area contributed by atoms with Gasteiger partial charge in [-0.25, -0.2) is 0 Å². The standard InChI is InChI=1S/C12H20N2/c1-3-11(4-2)14-8-7-13-12(9-14)10-5-6-10/h1,10-13H,4-9H2,2H3. The van der Waals surface area contributed by atoms with Gasteiger partial charge in [0.25, 0.3) is 0 Å². The highest BCUT2D eigenvalue weighted by Gasteiger charge is 2.34. The topological polar surface area (TPSA) is 15.3 Å². The second-order valence-corrected chi connectivity index (χ2v) is 4.48. The lowest BCUT2D eigenvalue weighted by Crippen LogP contribution is -2.54. The summed E-state index contributed by atoms with van der Waals surface area (Å²) in [5.74, 6) is 3.84. The van der Waals surface area contributed by atoms with Crippen LogP contribution in [0.25, 0.3) is 0 Å². The molecule has 1 heterocycles. The highest BCUT2D eigenvalue weighted by Crippen LogP contribution is 2.33. The third kappa shape index (κ3) is 2.10. The zero-order valence-corrected chi connectivity index (χ0v) is 9.00. The molecule has 0 amide bonds. The minimum absolute atomic E-state index is 0.360. The van der Waals surface area contributed by atoms with E-state index in [-0.39, 0.29) is 0 Å². The average Bonchev–Trinajstić information content (AvgIpc) is 3.03. The summed E-state index contributed by atoms with van der Waals surface area (Å²) < 4.78 is 0. The molecule has 2 fully saturated rings. The Hall–Kier alpha value is -0.520. The number of piperazine rings is 1. The van der Waals surface area contributed by atoms with Gasteiger partial charge in [0, 0.05) is 25.7 Å². The second-order valence-electron chi connectivity index (χ2n) is 4.48. The summed E-state index contributed by atoms with van der Waals surface area (Å²) >= 11 is 0. The number of terminal acetylenes is 1. The van der Waals surface area contributed by atoms with Gasteiger partial charge in [0.15, 0.2) is 0 Å². The molecule has 1 N–H and O–H groups in total. The van der Waals surface area contributed by atoms with Gasteiger partial charge in [-0.2, -0.15) is 0 Å². The van der Waals surface area contributed by atoms with E-state index in [9.17, 15) is 0 Å². The van der Waals surface area contributed by atoms with Gasteiger partial charge in [-0.3, -0.25) is 4.90 Å². The Bertz CT molecular complexity index is 227. The van der Waals surface area contributed by atoms with Crippen molar-refractivity contribution in [2.45, 2.75) is 38.3 Å². The van der Waals surface area contributed by atoms with Crippen molar-refractivity contribution in [3.8, 4) is 12.3 Å². The first-order valence-corrected chi connectivity index (χ1v) is 5.78. The van der Waals surface area contributed by atoms with Crippen LogP contribution in [0.15, 0.2) is 0 Å². The fourth-order valence-corrected chi connectivity index (χ4v) is 2.38. The molecule has 0 spiro atoms. The number of hydrogen-bond acceptors (Lipinski definition) is 2. The summed E-state index contributed by atoms with van der Waals surface area (Å²) in [6.45, 7) is 5.57. The van der Waals surface area contributed by atoms with E-state index >= 15 is 0 Å². The minimum Gasteiger partial charge on any atom is -0.311 e. The van der Waals surface area contributed by atoms with E-state index in [4.69, 9.17) is 6.42 Å². The molecule has 0 aromatic heterocycles. The first-order chi connectivity index (χ1) is 6.85. The van der Waals surface area contributed by atoms with E-state index in [0.717, 1.165) is 32.0 Å². The highest BCUT2D eigenvalue weighted by atomic mass is 15.2. The number of hydrogen-bond donors (Lipinski definition) is 1. The van der Waals surface area contributed by atoms with Crippen molar-refractivity contribution in [3.63, 3.8) is 0 Å². The Morgan fingerprint density at radius 3 is 2.93 bits per heavy atom. The van der Waals surface area contributed by atoms with Gasteiger partial charge in [-0.05, 0) is 25.2 Å². The van der Waals surface area contributed by atoms with Crippen LogP contribution in [0, 0.1) is 18.3 Å². The van der Waals surface area contributed by atoms with Crippen LogP contribution in [-0.2, 0) is 0 Å². The predicted molar refractivity (Wildman–Crippen MR) is 59.0 cm³/mol. The molecule has 2 atom stereocenters. The lowest BCUT2D eigenvalue weighted by Gasteiger charge is -2.36. The van der Waals surface area contributed by atoms with Crippen LogP contribution in [0.5, 0.6) is 0 Å². The molecular weight excluding hydrogens is 172 g/mol. The van der Waals surface area contributed by atoms with E-state index in [1.165, 1.54) is 12.8 Å². The zero-order chi connectivity index (χ0) is 9.97. The van der Waals surface area contributed by atoms with Crippen LogP contribution in [0.1, 0.15) is 26.2 Å². The molecule has 2 heteroatoms. The highest BCUT2D eigenvalue weighted by molar-refractivity contribution is 5.02. The van der Waals surface area contributed by atoms with E-state index in [2.05, 4.69) is 23.1 Å². The molecule has 2 unspecified atom stereocenters. The fraction of sp³-hybridized carbons (Fsp3) is 0.833. The molecule has 1 saturated carbocycles. The minimum atomic E-state index is 0.360. The first kappa shape index (κ1) is 10.0. The average molecular weight is 192 g/mol. The van der Waals surface area contributed by atoms with Crippen LogP contribution in [0.2, 0.25) is 0 Å². The summed E-state index contributed by atoms with van der Waals surface area (Å²) in [4.78, 5) is 2.47. The van der Waals surface area contributed by atoms with E-state index in [0.29, 0.717) is 12.1 Å². The molecule has 0 aromatic carbocycles. The summed E-state index contributed by atoms with van der Waals surface area (Å²) in [6.07, 6.45) is 9.45. The molecule has 0 aromatic rings. The maximum absolute atomic E-state index is 5.54. The number of nitrogens with one attached hydrogen (secondary N) is 1. The SMILES string of the molecule is C#CC(CC)N1CCNC(C2CC2)C1. The Kier molecular flexibility index (Phi) is 3.10. The quantitative estimate of drug-likeness (QED) is 0.673. The number of nitrogens with zero attached hydrogens (tertiary/aromatic N) is 1. The van der Waals surface area contributed by atoms with E-state index in [1.54, 1.807) is 0 Å². The predicted octanol–water partition coefficient (Wildman–Crippen LogP) is 1.08. The lowest BCUT2D eigenvalue weighted by molar-refractivity contribution is 0.160. The van der Waals surface area contributed by atoms with Crippen LogP contribution in [-0.4, -0.2) is 36.6 Å². The van der Waals surface area contributed by atoms with Crippen molar-refractivity contribution in [1.29, 1.82) is 0 Å². The number of rotatable bonds is 3. The van der Waals surface area contributed by atoms with Gasteiger partial charge in [-0.15, -0.1) is 6.42 Å². The molecule has 0 radical (unpaired) electrons. The summed E-state index contributed by atoms with van der Waals surface area (Å²) in [5, 5.41) is 3.60. The molecule has 1 aliphatic heterocycles. The fourth-order valence-electron chi connectivity index (χ4n) is 2.38. The molecular formula is C12H20N2. The lowest BCUT2D eigenvalue weighted by atomic mass is 10.1. The summed E-state index contributed by atoms with van der Waals surface area (Å²) in [5.41, 5.74) is 0. The molecule has 2 nitrogen and oxygen atoms in total. The van der Waals surface area contributed by atoms with Crippen molar-refractivity contribution >= 4 is 0 Å². The van der Waals surface area contributed by atoms with Crippen LogP contribution in [0.3, 0.4) is 0 Å². The van der Waals surface area contributed by atoms with Gasteiger partial charge >= 0.3 is 0 Å². The van der Waals surface area contributed by atoms with Crippen molar-refractivity contribution in [3.05, 3.63) is 0 Å². The van der Waals surface area contributed by atoms with Gasteiger partial charge in [0.05, 0.1) is 6.04 Å². The van der Waals surface area contributed by atoms with Crippen molar-refractivity contribution in [2.75, 3.05) is 19.6 Å². The van der Waals surface area contributed by atoms with Crippen LogP contribution < -0.4 is 5.32 Å². The van der Waals surface area contributed by atoms with Gasteiger partial charge in [0.2, 0.25) is 0 Å². The van der Waals surface area contributed by atoms with Gasteiger partial charge in [-0.1, -0.05) is 12.8 Å². The molecule has 0 bridgehead atoms.